The molecule has 1 amide bonds. The van der Waals surface area contributed by atoms with Crippen molar-refractivity contribution in [1.29, 1.82) is 0 Å². The summed E-state index contributed by atoms with van der Waals surface area (Å²) in [5.74, 6) is 0.0439. The Labute approximate surface area is 206 Å². The van der Waals surface area contributed by atoms with Crippen LogP contribution in [0.5, 0.6) is 5.75 Å². The maximum Gasteiger partial charge on any atom is 1.00 e. The van der Waals surface area contributed by atoms with Crippen molar-refractivity contribution >= 4 is 55.7 Å². The predicted octanol–water partition coefficient (Wildman–Crippen LogP) is 0.0587. The van der Waals surface area contributed by atoms with Gasteiger partial charge in [-0.05, 0) is 42.4 Å². The van der Waals surface area contributed by atoms with E-state index < -0.39 is 15.9 Å². The molecule has 2 aromatic rings. The number of anilines is 2. The molecular formula is C19H15N2NaO5S3. The molecular weight excluding hydrogens is 455 g/mol. The Morgan fingerprint density at radius 3 is 2.43 bits per heavy atom. The minimum absolute atomic E-state index is 0. The van der Waals surface area contributed by atoms with Gasteiger partial charge in [0.15, 0.2) is 10.1 Å². The quantitative estimate of drug-likeness (QED) is 0.262. The van der Waals surface area contributed by atoms with Crippen molar-refractivity contribution in [3.05, 3.63) is 65.4 Å². The number of benzene rings is 2. The van der Waals surface area contributed by atoms with Crippen LogP contribution in [0.1, 0.15) is 6.42 Å². The second kappa shape index (κ2) is 9.39. The van der Waals surface area contributed by atoms with Gasteiger partial charge in [-0.2, -0.15) is 0 Å². The first-order valence-electron chi connectivity index (χ1n) is 8.69. The summed E-state index contributed by atoms with van der Waals surface area (Å²) < 4.78 is 39.3. The molecule has 0 N–H and O–H groups in total. The number of hydrogen-bond acceptors (Lipinski definition) is 8. The standard InChI is InChI=1S/C19H16N2O5S3.Na/c22-17-16(28-19(27)21(17)13-7-2-1-3-8-13)18-20(11-6-12-29(23,24)25)14-9-4-5-10-15(14)26-18;/h1-5,7-10H,6,11-12H2,(H,23,24,25);/q;+1/p-1. The number of carbonyl (C=O) groups excluding carboxylic acids is 1. The number of nitrogens with zero attached hydrogens (tertiary/aromatic N) is 2. The molecule has 0 radical (unpaired) electrons. The predicted molar refractivity (Wildman–Crippen MR) is 115 cm³/mol. The van der Waals surface area contributed by atoms with Gasteiger partial charge in [0.05, 0.1) is 21.5 Å². The molecule has 7 nitrogen and oxygen atoms in total. The van der Waals surface area contributed by atoms with Crippen molar-refractivity contribution in [2.75, 3.05) is 22.1 Å². The Kier molecular flexibility index (Phi) is 7.28. The number of rotatable bonds is 5. The first kappa shape index (κ1) is 23.3. The number of thiocarbonyl (C=S) groups is 1. The number of thioether (sulfide) groups is 1. The van der Waals surface area contributed by atoms with Crippen LogP contribution in [-0.2, 0) is 14.9 Å². The largest absolute Gasteiger partial charge is 1.00 e. The summed E-state index contributed by atoms with van der Waals surface area (Å²) in [4.78, 5) is 16.6. The molecule has 2 aromatic carbocycles. The van der Waals surface area contributed by atoms with Gasteiger partial charge in [0.1, 0.15) is 4.91 Å². The van der Waals surface area contributed by atoms with Gasteiger partial charge in [0.2, 0.25) is 5.88 Å². The van der Waals surface area contributed by atoms with E-state index in [4.69, 9.17) is 17.0 Å². The van der Waals surface area contributed by atoms with Gasteiger partial charge in [0.25, 0.3) is 5.91 Å². The van der Waals surface area contributed by atoms with E-state index in [2.05, 4.69) is 0 Å². The summed E-state index contributed by atoms with van der Waals surface area (Å²) in [6.45, 7) is 0.212. The van der Waals surface area contributed by atoms with E-state index >= 15 is 0 Å². The van der Waals surface area contributed by atoms with E-state index in [-0.39, 0.29) is 48.4 Å². The molecule has 150 valence electrons. The third kappa shape index (κ3) is 4.75. The monoisotopic (exact) mass is 470 g/mol. The van der Waals surface area contributed by atoms with Crippen LogP contribution in [0, 0.1) is 0 Å². The number of fused-ring (bicyclic) bond motifs is 1. The number of carbonyl (C=O) groups is 1. The summed E-state index contributed by atoms with van der Waals surface area (Å²) >= 11 is 6.54. The second-order valence-corrected chi connectivity index (χ2v) is 9.48. The van der Waals surface area contributed by atoms with Crippen LogP contribution in [0.25, 0.3) is 0 Å². The van der Waals surface area contributed by atoms with Gasteiger partial charge in [-0.1, -0.05) is 42.5 Å². The molecule has 4 rings (SSSR count). The zero-order valence-corrected chi connectivity index (χ0v) is 20.4. The molecule has 30 heavy (non-hydrogen) atoms. The van der Waals surface area contributed by atoms with Crippen LogP contribution in [0.3, 0.4) is 0 Å². The summed E-state index contributed by atoms with van der Waals surface area (Å²) in [5.41, 5.74) is 1.36. The van der Waals surface area contributed by atoms with Gasteiger partial charge in [-0.3, -0.25) is 9.69 Å². The minimum atomic E-state index is -4.33. The van der Waals surface area contributed by atoms with E-state index in [0.717, 1.165) is 11.8 Å². The zero-order chi connectivity index (χ0) is 20.6. The molecule has 1 saturated heterocycles. The van der Waals surface area contributed by atoms with E-state index in [9.17, 15) is 17.8 Å². The van der Waals surface area contributed by atoms with Gasteiger partial charge >= 0.3 is 29.6 Å². The summed E-state index contributed by atoms with van der Waals surface area (Å²) in [5, 5.41) is 0. The normalized spacial score (nSPS) is 18.3. The fourth-order valence-corrected chi connectivity index (χ4v) is 4.91. The van der Waals surface area contributed by atoms with E-state index in [0.29, 0.717) is 32.2 Å². The van der Waals surface area contributed by atoms with Gasteiger partial charge < -0.3 is 14.2 Å². The Bertz CT molecular complexity index is 1120. The van der Waals surface area contributed by atoms with Crippen molar-refractivity contribution in [2.45, 2.75) is 6.42 Å². The van der Waals surface area contributed by atoms with E-state index in [1.807, 2.05) is 30.3 Å². The van der Waals surface area contributed by atoms with E-state index in [1.54, 1.807) is 29.2 Å². The molecule has 0 saturated carbocycles. The van der Waals surface area contributed by atoms with Crippen LogP contribution < -0.4 is 44.1 Å². The SMILES string of the molecule is O=C1C(=C2Oc3ccccc3N2CCCS(=O)(=O)[O-])SC(=S)N1c1ccccc1.[Na+]. The third-order valence-electron chi connectivity index (χ3n) is 4.36. The number of hydrogen-bond donors (Lipinski definition) is 0. The Balaban J connectivity index is 0.00000256. The molecule has 0 spiro atoms. The molecule has 0 aliphatic carbocycles. The molecule has 0 atom stereocenters. The average molecular weight is 471 g/mol. The maximum atomic E-state index is 13.1. The third-order valence-corrected chi connectivity index (χ3v) is 6.49. The van der Waals surface area contributed by atoms with Crippen LogP contribution in [-0.4, -0.2) is 35.5 Å². The van der Waals surface area contributed by atoms with Gasteiger partial charge in [0, 0.05) is 12.3 Å². The molecule has 2 aliphatic rings. The van der Waals surface area contributed by atoms with Crippen LogP contribution in [0.4, 0.5) is 11.4 Å². The first-order chi connectivity index (χ1) is 13.8. The molecule has 1 fully saturated rings. The fourth-order valence-electron chi connectivity index (χ4n) is 3.12. The number of para-hydroxylation sites is 3. The smallest absolute Gasteiger partial charge is 0.748 e. The molecule has 2 heterocycles. The van der Waals surface area contributed by atoms with Gasteiger partial charge in [-0.25, -0.2) is 8.42 Å². The van der Waals surface area contributed by atoms with Gasteiger partial charge in [-0.15, -0.1) is 0 Å². The summed E-state index contributed by atoms with van der Waals surface area (Å²) in [7, 11) is -4.33. The average Bonchev–Trinajstić information content (AvgIpc) is 3.18. The van der Waals surface area contributed by atoms with Crippen molar-refractivity contribution < 1.29 is 52.1 Å². The molecule has 0 aromatic heterocycles. The molecule has 2 aliphatic heterocycles. The molecule has 0 bridgehead atoms. The molecule has 0 unspecified atom stereocenters. The van der Waals surface area contributed by atoms with Crippen molar-refractivity contribution in [2.24, 2.45) is 0 Å². The van der Waals surface area contributed by atoms with Crippen molar-refractivity contribution in [3.63, 3.8) is 0 Å². The second-order valence-electron chi connectivity index (χ2n) is 6.32. The topological polar surface area (TPSA) is 90.0 Å². The molecule has 11 heteroatoms. The maximum absolute atomic E-state index is 13.1. The first-order valence-corrected chi connectivity index (χ1v) is 11.5. The zero-order valence-electron chi connectivity index (χ0n) is 16.0. The van der Waals surface area contributed by atoms with E-state index in [1.165, 1.54) is 4.90 Å². The minimum Gasteiger partial charge on any atom is -0.748 e. The Morgan fingerprint density at radius 1 is 1.07 bits per heavy atom. The van der Waals surface area contributed by atoms with Crippen molar-refractivity contribution in [1.82, 2.24) is 0 Å². The fraction of sp³-hybridized carbons (Fsp3) is 0.158. The number of ether oxygens (including phenoxy) is 1. The van der Waals surface area contributed by atoms with Crippen molar-refractivity contribution in [3.8, 4) is 5.75 Å². The summed E-state index contributed by atoms with van der Waals surface area (Å²) in [6.07, 6.45) is 0.103. The van der Waals surface area contributed by atoms with Crippen LogP contribution >= 0.6 is 24.0 Å². The summed E-state index contributed by atoms with van der Waals surface area (Å²) in [6, 6.07) is 16.3. The Morgan fingerprint density at radius 2 is 1.73 bits per heavy atom. The van der Waals surface area contributed by atoms with Crippen LogP contribution in [0.15, 0.2) is 65.4 Å². The number of amides is 1. The Hall–Kier alpha value is -1.40. The van der Waals surface area contributed by atoms with Crippen LogP contribution in [0.2, 0.25) is 0 Å².